The number of carbonyl (C=O) groups excluding carboxylic acids is 2. The van der Waals surface area contributed by atoms with Crippen LogP contribution in [0.3, 0.4) is 0 Å². The molecule has 2 aromatic carbocycles. The normalized spacial score (nSPS) is 12.2. The molecule has 1 atom stereocenters. The van der Waals surface area contributed by atoms with Crippen molar-refractivity contribution in [2.75, 3.05) is 23.7 Å². The van der Waals surface area contributed by atoms with E-state index in [2.05, 4.69) is 5.32 Å². The van der Waals surface area contributed by atoms with E-state index in [0.717, 1.165) is 31.2 Å². The minimum absolute atomic E-state index is 0.0189. The van der Waals surface area contributed by atoms with Gasteiger partial charge in [0, 0.05) is 24.2 Å². The summed E-state index contributed by atoms with van der Waals surface area (Å²) in [6.07, 6.45) is 2.79. The smallest absolute Gasteiger partial charge is 0.244 e. The molecule has 7 nitrogen and oxygen atoms in total. The van der Waals surface area contributed by atoms with Gasteiger partial charge >= 0.3 is 0 Å². The van der Waals surface area contributed by atoms with Gasteiger partial charge in [0.25, 0.3) is 0 Å². The van der Waals surface area contributed by atoms with Crippen molar-refractivity contribution in [2.24, 2.45) is 0 Å². The first-order valence-electron chi connectivity index (χ1n) is 11.2. The molecule has 0 heterocycles. The molecule has 192 valence electrons. The first kappa shape index (κ1) is 28.5. The van der Waals surface area contributed by atoms with Gasteiger partial charge in [0.05, 0.1) is 11.9 Å². The zero-order valence-corrected chi connectivity index (χ0v) is 21.5. The third kappa shape index (κ3) is 8.17. The van der Waals surface area contributed by atoms with E-state index in [1.54, 1.807) is 31.2 Å². The van der Waals surface area contributed by atoms with Crippen molar-refractivity contribution in [1.29, 1.82) is 0 Å². The molecule has 2 aromatic rings. The molecule has 0 aliphatic rings. The highest BCUT2D eigenvalue weighted by Crippen LogP contribution is 2.22. The number of hydrogen-bond donors (Lipinski definition) is 1. The largest absolute Gasteiger partial charge is 0.354 e. The van der Waals surface area contributed by atoms with E-state index in [-0.39, 0.29) is 24.6 Å². The molecule has 0 bridgehead atoms. The molecule has 35 heavy (non-hydrogen) atoms. The molecule has 11 heteroatoms. The van der Waals surface area contributed by atoms with Gasteiger partial charge < -0.3 is 10.2 Å². The highest BCUT2D eigenvalue weighted by Gasteiger charge is 2.31. The molecule has 0 fully saturated rings. The number of carbonyl (C=O) groups is 2. The molecule has 0 spiro atoms. The first-order chi connectivity index (χ1) is 16.5. The van der Waals surface area contributed by atoms with Gasteiger partial charge in [-0.2, -0.15) is 0 Å². The highest BCUT2D eigenvalue weighted by atomic mass is 35.5. The lowest BCUT2D eigenvalue weighted by molar-refractivity contribution is -0.140. The third-order valence-corrected chi connectivity index (χ3v) is 6.74. The molecule has 1 N–H and O–H groups in total. The fourth-order valence-electron chi connectivity index (χ4n) is 3.47. The average Bonchev–Trinajstić information content (AvgIpc) is 2.80. The Morgan fingerprint density at radius 1 is 1.06 bits per heavy atom. The fraction of sp³-hybridized carbons (Fsp3) is 0.417. The molecule has 0 aromatic heterocycles. The predicted octanol–water partition coefficient (Wildman–Crippen LogP) is 4.11. The number of benzene rings is 2. The van der Waals surface area contributed by atoms with E-state index < -0.39 is 40.2 Å². The summed E-state index contributed by atoms with van der Waals surface area (Å²) in [5.41, 5.74) is 0.480. The summed E-state index contributed by atoms with van der Waals surface area (Å²) in [4.78, 5) is 27.7. The Labute approximate surface area is 210 Å². The third-order valence-electron chi connectivity index (χ3n) is 5.35. The van der Waals surface area contributed by atoms with Gasteiger partial charge in [-0.05, 0) is 42.7 Å². The second-order valence-corrected chi connectivity index (χ2v) is 10.4. The molecule has 2 amide bonds. The van der Waals surface area contributed by atoms with E-state index in [4.69, 9.17) is 11.6 Å². The lowest BCUT2D eigenvalue weighted by Gasteiger charge is -2.33. The number of unbranched alkanes of at least 4 members (excludes halogenated alkanes) is 1. The second kappa shape index (κ2) is 12.8. The molecule has 0 saturated heterocycles. The maximum atomic E-state index is 13.8. The van der Waals surface area contributed by atoms with E-state index >= 15 is 0 Å². The maximum absolute atomic E-state index is 13.8. The predicted molar refractivity (Wildman–Crippen MR) is 133 cm³/mol. The molecule has 0 aliphatic carbocycles. The van der Waals surface area contributed by atoms with E-state index in [1.807, 2.05) is 6.92 Å². The van der Waals surface area contributed by atoms with Gasteiger partial charge in [0.15, 0.2) is 11.6 Å². The zero-order valence-electron chi connectivity index (χ0n) is 19.9. The summed E-state index contributed by atoms with van der Waals surface area (Å²) in [6.45, 7) is 3.49. The number of hydrogen-bond acceptors (Lipinski definition) is 4. The number of rotatable bonds is 12. The van der Waals surface area contributed by atoms with E-state index in [9.17, 15) is 26.8 Å². The van der Waals surface area contributed by atoms with Gasteiger partial charge in [0.2, 0.25) is 21.8 Å². The van der Waals surface area contributed by atoms with Gasteiger partial charge in [-0.25, -0.2) is 17.2 Å². The quantitative estimate of drug-likeness (QED) is 0.419. The monoisotopic (exact) mass is 529 g/mol. The van der Waals surface area contributed by atoms with Crippen molar-refractivity contribution in [3.05, 3.63) is 64.7 Å². The first-order valence-corrected chi connectivity index (χ1v) is 13.4. The Morgan fingerprint density at radius 2 is 1.71 bits per heavy atom. The lowest BCUT2D eigenvalue weighted by atomic mass is 10.1. The number of nitrogens with one attached hydrogen (secondary N) is 1. The summed E-state index contributed by atoms with van der Waals surface area (Å²) in [6, 6.07) is 8.39. The van der Waals surface area contributed by atoms with Crippen molar-refractivity contribution in [3.8, 4) is 0 Å². The summed E-state index contributed by atoms with van der Waals surface area (Å²) in [7, 11) is -4.05. The Hall–Kier alpha value is -2.72. The van der Waals surface area contributed by atoms with Crippen molar-refractivity contribution < 1.29 is 26.8 Å². The number of sulfonamides is 1. The lowest BCUT2D eigenvalue weighted by Crippen LogP contribution is -2.52. The molecule has 0 aliphatic heterocycles. The van der Waals surface area contributed by atoms with Gasteiger partial charge in [-0.3, -0.25) is 13.9 Å². The number of amides is 2. The summed E-state index contributed by atoms with van der Waals surface area (Å²) < 4.78 is 52.9. The topological polar surface area (TPSA) is 86.8 Å². The van der Waals surface area contributed by atoms with Crippen LogP contribution >= 0.6 is 11.6 Å². The molecule has 0 radical (unpaired) electrons. The van der Waals surface area contributed by atoms with Gasteiger partial charge in [-0.1, -0.05) is 44.0 Å². The van der Waals surface area contributed by atoms with Crippen LogP contribution in [-0.2, 0) is 26.2 Å². The molecule has 0 saturated carbocycles. The molecule has 2 rings (SSSR count). The van der Waals surface area contributed by atoms with Gasteiger partial charge in [0.1, 0.15) is 12.6 Å². The van der Waals surface area contributed by atoms with Crippen LogP contribution in [0.5, 0.6) is 0 Å². The number of anilines is 1. The summed E-state index contributed by atoms with van der Waals surface area (Å²) in [5, 5.41) is 3.31. The van der Waals surface area contributed by atoms with Crippen LogP contribution in [0.25, 0.3) is 0 Å². The minimum Gasteiger partial charge on any atom is -0.354 e. The Morgan fingerprint density at radius 3 is 2.26 bits per heavy atom. The maximum Gasteiger partial charge on any atom is 0.244 e. The Kier molecular flexibility index (Phi) is 10.5. The zero-order chi connectivity index (χ0) is 26.2. The Balaban J connectivity index is 2.41. The number of nitrogens with zero attached hydrogens (tertiary/aromatic N) is 2. The number of halogens is 3. The van der Waals surface area contributed by atoms with Crippen molar-refractivity contribution in [3.63, 3.8) is 0 Å². The van der Waals surface area contributed by atoms with Crippen LogP contribution in [0.1, 0.15) is 38.7 Å². The van der Waals surface area contributed by atoms with Crippen LogP contribution in [0, 0.1) is 11.6 Å². The van der Waals surface area contributed by atoms with Crippen LogP contribution in [0.15, 0.2) is 42.5 Å². The van der Waals surface area contributed by atoms with E-state index in [0.29, 0.717) is 27.5 Å². The summed E-state index contributed by atoms with van der Waals surface area (Å²) >= 11 is 5.96. The molecule has 0 unspecified atom stereocenters. The fourth-order valence-corrected chi connectivity index (χ4v) is 4.43. The van der Waals surface area contributed by atoms with Crippen molar-refractivity contribution in [1.82, 2.24) is 10.2 Å². The Bertz CT molecular complexity index is 1130. The standard InChI is InChI=1S/C24H30ClF2N3O4S/c1-4-6-13-28-24(32)22(5-2)29(15-17-7-9-18(25)10-8-17)23(31)16-30(35(3,33)34)19-11-12-20(26)21(27)14-19/h7-12,14,22H,4-6,13,15-16H2,1-3H3,(H,28,32)/t22-/m0/s1. The average molecular weight is 530 g/mol. The highest BCUT2D eigenvalue weighted by molar-refractivity contribution is 7.92. The van der Waals surface area contributed by atoms with Gasteiger partial charge in [-0.15, -0.1) is 0 Å². The van der Waals surface area contributed by atoms with Crippen LogP contribution in [0.2, 0.25) is 5.02 Å². The summed E-state index contributed by atoms with van der Waals surface area (Å²) in [5.74, 6) is -3.43. The molecular formula is C24H30ClF2N3O4S. The van der Waals surface area contributed by atoms with Crippen LogP contribution in [0.4, 0.5) is 14.5 Å². The van der Waals surface area contributed by atoms with Crippen LogP contribution < -0.4 is 9.62 Å². The van der Waals surface area contributed by atoms with Crippen molar-refractivity contribution in [2.45, 2.75) is 45.7 Å². The second-order valence-electron chi connectivity index (χ2n) is 8.08. The van der Waals surface area contributed by atoms with Crippen LogP contribution in [-0.4, -0.2) is 50.5 Å². The van der Waals surface area contributed by atoms with E-state index in [1.165, 1.54) is 4.90 Å². The van der Waals surface area contributed by atoms with Crippen molar-refractivity contribution >= 4 is 39.1 Å². The SMILES string of the molecule is CCCCNC(=O)[C@H](CC)N(Cc1ccc(Cl)cc1)C(=O)CN(c1ccc(F)c(F)c1)S(C)(=O)=O. The molecular weight excluding hydrogens is 500 g/mol. The minimum atomic E-state index is -4.05.